The molecule has 0 radical (unpaired) electrons. The SMILES string of the molecule is CC1(C)CCCC(C)(C#CCN2CCN(c3ccccc3)CC2)O1.Cl. The molecule has 3 nitrogen and oxygen atoms in total. The van der Waals surface area contributed by atoms with Crippen LogP contribution in [0.2, 0.25) is 0 Å². The van der Waals surface area contributed by atoms with Crippen LogP contribution >= 0.6 is 12.4 Å². The van der Waals surface area contributed by atoms with Crippen molar-refractivity contribution < 1.29 is 4.74 Å². The van der Waals surface area contributed by atoms with Gasteiger partial charge in [-0.25, -0.2) is 0 Å². The van der Waals surface area contributed by atoms with Gasteiger partial charge < -0.3 is 9.64 Å². The maximum absolute atomic E-state index is 6.23. The third-order valence-electron chi connectivity index (χ3n) is 5.08. The van der Waals surface area contributed by atoms with Crippen molar-refractivity contribution in [3.05, 3.63) is 30.3 Å². The van der Waals surface area contributed by atoms with Crippen LogP contribution in [0, 0.1) is 11.8 Å². The van der Waals surface area contributed by atoms with Crippen molar-refractivity contribution in [1.29, 1.82) is 0 Å². The smallest absolute Gasteiger partial charge is 0.126 e. The van der Waals surface area contributed by atoms with Gasteiger partial charge in [0.1, 0.15) is 5.60 Å². The first-order valence-corrected chi connectivity index (χ1v) is 9.18. The Morgan fingerprint density at radius 3 is 2.32 bits per heavy atom. The van der Waals surface area contributed by atoms with Crippen LogP contribution < -0.4 is 4.90 Å². The standard InChI is InChI=1S/C21H30N2O.ClH/c1-20(2)11-7-12-21(3,24-20)13-8-14-22-15-17-23(18-16-22)19-9-5-4-6-10-19;/h4-6,9-10H,7,11-12,14-18H2,1-3H3;1H. The van der Waals surface area contributed by atoms with Crippen molar-refractivity contribution in [2.45, 2.75) is 51.2 Å². The molecule has 2 heterocycles. The minimum atomic E-state index is -0.270. The summed E-state index contributed by atoms with van der Waals surface area (Å²) in [5, 5.41) is 0. The van der Waals surface area contributed by atoms with Crippen LogP contribution in [-0.2, 0) is 4.74 Å². The number of halogens is 1. The van der Waals surface area contributed by atoms with E-state index in [0.29, 0.717) is 0 Å². The van der Waals surface area contributed by atoms with E-state index in [-0.39, 0.29) is 23.6 Å². The molecule has 0 spiro atoms. The van der Waals surface area contributed by atoms with E-state index in [4.69, 9.17) is 4.74 Å². The monoisotopic (exact) mass is 362 g/mol. The van der Waals surface area contributed by atoms with E-state index in [1.54, 1.807) is 0 Å². The quantitative estimate of drug-likeness (QED) is 0.740. The van der Waals surface area contributed by atoms with Gasteiger partial charge in [0.2, 0.25) is 0 Å². The lowest BCUT2D eigenvalue weighted by atomic mass is 9.88. The number of para-hydroxylation sites is 1. The number of ether oxygens (including phenoxy) is 1. The molecule has 0 saturated carbocycles. The number of benzene rings is 1. The molecule has 3 rings (SSSR count). The third kappa shape index (κ3) is 5.64. The van der Waals surface area contributed by atoms with Gasteiger partial charge in [-0.1, -0.05) is 30.0 Å². The normalized spacial score (nSPS) is 26.3. The Morgan fingerprint density at radius 2 is 1.68 bits per heavy atom. The van der Waals surface area contributed by atoms with E-state index >= 15 is 0 Å². The highest BCUT2D eigenvalue weighted by atomic mass is 35.5. The summed E-state index contributed by atoms with van der Waals surface area (Å²) in [7, 11) is 0. The molecule has 0 N–H and O–H groups in total. The van der Waals surface area contributed by atoms with E-state index in [9.17, 15) is 0 Å². The summed E-state index contributed by atoms with van der Waals surface area (Å²) in [6.45, 7) is 11.7. The second-order valence-corrected chi connectivity index (χ2v) is 7.85. The van der Waals surface area contributed by atoms with Gasteiger partial charge in [0.25, 0.3) is 0 Å². The van der Waals surface area contributed by atoms with Gasteiger partial charge in [-0.3, -0.25) is 4.90 Å². The average molecular weight is 363 g/mol. The Hall–Kier alpha value is -1.21. The summed E-state index contributed by atoms with van der Waals surface area (Å²) in [6.07, 6.45) is 3.38. The van der Waals surface area contributed by atoms with Crippen molar-refractivity contribution >= 4 is 18.1 Å². The zero-order valence-electron chi connectivity index (χ0n) is 15.8. The van der Waals surface area contributed by atoms with E-state index in [1.807, 2.05) is 0 Å². The highest BCUT2D eigenvalue weighted by Crippen LogP contribution is 2.34. The van der Waals surface area contributed by atoms with Crippen molar-refractivity contribution in [3.63, 3.8) is 0 Å². The molecule has 0 aliphatic carbocycles. The predicted octanol–water partition coefficient (Wildman–Crippen LogP) is 3.97. The summed E-state index contributed by atoms with van der Waals surface area (Å²) in [5.41, 5.74) is 1.02. The van der Waals surface area contributed by atoms with E-state index in [1.165, 1.54) is 12.1 Å². The van der Waals surface area contributed by atoms with Crippen LogP contribution in [0.15, 0.2) is 30.3 Å². The number of hydrogen-bond acceptors (Lipinski definition) is 3. The molecular formula is C21H31ClN2O. The van der Waals surface area contributed by atoms with Crippen molar-refractivity contribution in [2.24, 2.45) is 0 Å². The fourth-order valence-electron chi connectivity index (χ4n) is 3.79. The van der Waals surface area contributed by atoms with Crippen LogP contribution in [0.3, 0.4) is 0 Å². The van der Waals surface area contributed by atoms with Gasteiger partial charge in [-0.2, -0.15) is 0 Å². The van der Waals surface area contributed by atoms with Gasteiger partial charge in [0.15, 0.2) is 0 Å². The molecule has 0 aromatic heterocycles. The highest BCUT2D eigenvalue weighted by Gasteiger charge is 2.35. The molecule has 0 amide bonds. The number of hydrogen-bond donors (Lipinski definition) is 0. The fraction of sp³-hybridized carbons (Fsp3) is 0.619. The Bertz CT molecular complexity index is 599. The van der Waals surface area contributed by atoms with E-state index in [2.05, 4.69) is 72.7 Å². The topological polar surface area (TPSA) is 15.7 Å². The van der Waals surface area contributed by atoms with Crippen LogP contribution in [0.1, 0.15) is 40.0 Å². The molecule has 138 valence electrons. The number of nitrogens with zero attached hydrogens (tertiary/aromatic N) is 2. The Balaban J connectivity index is 0.00000225. The molecule has 2 aliphatic rings. The molecule has 2 saturated heterocycles. The Morgan fingerprint density at radius 1 is 1.00 bits per heavy atom. The molecule has 2 fully saturated rings. The predicted molar refractivity (Wildman–Crippen MR) is 108 cm³/mol. The molecule has 4 heteroatoms. The molecule has 2 aliphatic heterocycles. The Labute approximate surface area is 159 Å². The molecule has 1 atom stereocenters. The summed E-state index contributed by atoms with van der Waals surface area (Å²) >= 11 is 0. The van der Waals surface area contributed by atoms with Crippen LogP contribution in [0.4, 0.5) is 5.69 Å². The zero-order chi connectivity index (χ0) is 17.0. The van der Waals surface area contributed by atoms with Gasteiger partial charge in [-0.05, 0) is 52.2 Å². The minimum absolute atomic E-state index is 0. The van der Waals surface area contributed by atoms with Crippen molar-refractivity contribution in [1.82, 2.24) is 4.90 Å². The van der Waals surface area contributed by atoms with Crippen LogP contribution in [-0.4, -0.2) is 48.8 Å². The van der Waals surface area contributed by atoms with Crippen molar-refractivity contribution in [2.75, 3.05) is 37.6 Å². The van der Waals surface area contributed by atoms with Gasteiger partial charge in [0.05, 0.1) is 12.1 Å². The number of piperazine rings is 1. The number of rotatable bonds is 2. The first-order valence-electron chi connectivity index (χ1n) is 9.18. The second kappa shape index (κ2) is 8.45. The largest absolute Gasteiger partial charge is 0.369 e. The first-order chi connectivity index (χ1) is 11.5. The molecular weight excluding hydrogens is 332 g/mol. The summed E-state index contributed by atoms with van der Waals surface area (Å²) in [5.74, 6) is 6.81. The maximum Gasteiger partial charge on any atom is 0.126 e. The van der Waals surface area contributed by atoms with Gasteiger partial charge in [0, 0.05) is 31.9 Å². The molecule has 1 unspecified atom stereocenters. The molecule has 1 aromatic carbocycles. The lowest BCUT2D eigenvalue weighted by Crippen LogP contribution is -2.46. The third-order valence-corrected chi connectivity index (χ3v) is 5.08. The second-order valence-electron chi connectivity index (χ2n) is 7.85. The summed E-state index contributed by atoms with van der Waals surface area (Å²) in [6, 6.07) is 10.7. The zero-order valence-corrected chi connectivity index (χ0v) is 16.6. The lowest BCUT2D eigenvalue weighted by Gasteiger charge is -2.40. The minimum Gasteiger partial charge on any atom is -0.369 e. The van der Waals surface area contributed by atoms with Gasteiger partial charge >= 0.3 is 0 Å². The van der Waals surface area contributed by atoms with Crippen LogP contribution in [0.25, 0.3) is 0 Å². The molecule has 0 bridgehead atoms. The summed E-state index contributed by atoms with van der Waals surface area (Å²) in [4.78, 5) is 4.90. The molecule has 1 aromatic rings. The lowest BCUT2D eigenvalue weighted by molar-refractivity contribution is -0.135. The van der Waals surface area contributed by atoms with E-state index in [0.717, 1.165) is 45.6 Å². The Kier molecular flexibility index (Phi) is 6.79. The maximum atomic E-state index is 6.23. The fourth-order valence-corrected chi connectivity index (χ4v) is 3.79. The van der Waals surface area contributed by atoms with Crippen molar-refractivity contribution in [3.8, 4) is 11.8 Å². The highest BCUT2D eigenvalue weighted by molar-refractivity contribution is 5.85. The first kappa shape index (κ1) is 20.1. The van der Waals surface area contributed by atoms with Gasteiger partial charge in [-0.15, -0.1) is 12.4 Å². The van der Waals surface area contributed by atoms with Crippen LogP contribution in [0.5, 0.6) is 0 Å². The molecule has 25 heavy (non-hydrogen) atoms. The average Bonchev–Trinajstić information content (AvgIpc) is 2.55. The van der Waals surface area contributed by atoms with E-state index < -0.39 is 0 Å². The summed E-state index contributed by atoms with van der Waals surface area (Å²) < 4.78 is 6.23. The number of anilines is 1.